The Bertz CT molecular complexity index is 1220. The number of sulfonamides is 1. The molecule has 0 aliphatic carbocycles. The number of hydrogen-bond donors (Lipinski definition) is 1. The van der Waals surface area contributed by atoms with E-state index in [1.807, 2.05) is 18.2 Å². The van der Waals surface area contributed by atoms with Crippen LogP contribution in [-0.4, -0.2) is 50.7 Å². The molecule has 0 saturated heterocycles. The maximum atomic E-state index is 13.0. The van der Waals surface area contributed by atoms with Crippen LogP contribution in [0.4, 0.5) is 5.69 Å². The van der Waals surface area contributed by atoms with E-state index < -0.39 is 10.0 Å². The highest BCUT2D eigenvalue weighted by Crippen LogP contribution is 2.37. The number of nitrogens with zero attached hydrogens (tertiary/aromatic N) is 2. The van der Waals surface area contributed by atoms with Crippen LogP contribution in [0, 0.1) is 6.92 Å². The van der Waals surface area contributed by atoms with Crippen molar-refractivity contribution in [3.8, 4) is 0 Å². The zero-order valence-electron chi connectivity index (χ0n) is 18.4. The van der Waals surface area contributed by atoms with Crippen LogP contribution in [0.5, 0.6) is 0 Å². The van der Waals surface area contributed by atoms with Gasteiger partial charge in [-0.2, -0.15) is 0 Å². The quantitative estimate of drug-likeness (QED) is 0.595. The molecule has 0 bridgehead atoms. The highest BCUT2D eigenvalue weighted by molar-refractivity contribution is 7.89. The smallest absolute Gasteiger partial charge is 0.242 e. The lowest BCUT2D eigenvalue weighted by atomic mass is 9.93. The van der Waals surface area contributed by atoms with Gasteiger partial charge < -0.3 is 5.32 Å². The molecular weight excluding hydrogens is 442 g/mol. The molecule has 32 heavy (non-hydrogen) atoms. The number of amides is 1. The number of rotatable bonds is 6. The van der Waals surface area contributed by atoms with Gasteiger partial charge >= 0.3 is 0 Å². The van der Waals surface area contributed by atoms with Gasteiger partial charge in [0.1, 0.15) is 0 Å². The van der Waals surface area contributed by atoms with E-state index in [0.717, 1.165) is 18.5 Å². The first-order valence-electron chi connectivity index (χ1n) is 10.5. The average molecular weight is 470 g/mol. The molecule has 4 rings (SSSR count). The molecule has 1 N–H and O–H groups in total. The minimum atomic E-state index is -3.59. The Morgan fingerprint density at radius 1 is 1.16 bits per heavy atom. The van der Waals surface area contributed by atoms with E-state index in [9.17, 15) is 13.2 Å². The molecule has 1 aromatic heterocycles. The second kappa shape index (κ2) is 9.15. The van der Waals surface area contributed by atoms with Gasteiger partial charge in [-0.15, -0.1) is 11.3 Å². The summed E-state index contributed by atoms with van der Waals surface area (Å²) in [5, 5.41) is 5.01. The lowest BCUT2D eigenvalue weighted by Gasteiger charge is -2.35. The Kier molecular flexibility index (Phi) is 6.48. The topological polar surface area (TPSA) is 69.7 Å². The molecule has 1 amide bonds. The molecule has 1 atom stereocenters. The maximum Gasteiger partial charge on any atom is 0.242 e. The minimum Gasteiger partial charge on any atom is -0.325 e. The van der Waals surface area contributed by atoms with Gasteiger partial charge in [-0.3, -0.25) is 9.69 Å². The van der Waals surface area contributed by atoms with Gasteiger partial charge in [-0.25, -0.2) is 12.7 Å². The summed E-state index contributed by atoms with van der Waals surface area (Å²) in [4.78, 5) is 16.7. The van der Waals surface area contributed by atoms with E-state index >= 15 is 0 Å². The predicted molar refractivity (Wildman–Crippen MR) is 129 cm³/mol. The molecule has 0 radical (unpaired) electrons. The van der Waals surface area contributed by atoms with E-state index in [-0.39, 0.29) is 23.4 Å². The molecule has 0 spiro atoms. The fourth-order valence-corrected chi connectivity index (χ4v) is 6.15. The number of benzene rings is 2. The second-order valence-electron chi connectivity index (χ2n) is 8.15. The molecule has 2 heterocycles. The van der Waals surface area contributed by atoms with Crippen molar-refractivity contribution >= 4 is 33.0 Å². The van der Waals surface area contributed by atoms with Crippen LogP contribution in [0.2, 0.25) is 0 Å². The second-order valence-corrected chi connectivity index (χ2v) is 11.3. The Hall–Kier alpha value is -2.52. The number of thiophene rings is 1. The summed E-state index contributed by atoms with van der Waals surface area (Å²) in [5.41, 5.74) is 3.54. The summed E-state index contributed by atoms with van der Waals surface area (Å²) in [6, 6.07) is 17.4. The van der Waals surface area contributed by atoms with Crippen LogP contribution >= 0.6 is 11.3 Å². The first kappa shape index (κ1) is 22.7. The van der Waals surface area contributed by atoms with Crippen molar-refractivity contribution in [3.63, 3.8) is 0 Å². The summed E-state index contributed by atoms with van der Waals surface area (Å²) < 4.78 is 26.4. The van der Waals surface area contributed by atoms with Gasteiger partial charge in [0.15, 0.2) is 0 Å². The van der Waals surface area contributed by atoms with Gasteiger partial charge in [0.05, 0.1) is 17.5 Å². The lowest BCUT2D eigenvalue weighted by Crippen LogP contribution is -2.40. The summed E-state index contributed by atoms with van der Waals surface area (Å²) in [5.74, 6) is -0.165. The standard InChI is InChI=1S/C24H27N3O3S2/c1-17-9-10-19(15-22(17)32(29,30)26(2)3)25-23(28)16-27-13-11-21-20(12-14-31-21)24(27)18-7-5-4-6-8-18/h4-10,12,14-15,24H,11,13,16H2,1-3H3,(H,25,28)/t24-/m1/s1. The van der Waals surface area contributed by atoms with E-state index in [4.69, 9.17) is 0 Å². The number of nitrogens with one attached hydrogen (secondary N) is 1. The summed E-state index contributed by atoms with van der Waals surface area (Å²) in [6.07, 6.45) is 0.916. The highest BCUT2D eigenvalue weighted by atomic mass is 32.2. The van der Waals surface area contributed by atoms with Gasteiger partial charge in [0.25, 0.3) is 0 Å². The van der Waals surface area contributed by atoms with Crippen molar-refractivity contribution in [1.29, 1.82) is 0 Å². The van der Waals surface area contributed by atoms with Crippen LogP contribution in [0.25, 0.3) is 0 Å². The highest BCUT2D eigenvalue weighted by Gasteiger charge is 2.31. The Balaban J connectivity index is 1.55. The van der Waals surface area contributed by atoms with Crippen molar-refractivity contribution in [1.82, 2.24) is 9.21 Å². The number of carbonyl (C=O) groups is 1. The third-order valence-corrected chi connectivity index (χ3v) is 8.71. The van der Waals surface area contributed by atoms with Crippen LogP contribution < -0.4 is 5.32 Å². The Morgan fingerprint density at radius 3 is 2.62 bits per heavy atom. The van der Waals surface area contributed by atoms with E-state index in [1.54, 1.807) is 30.4 Å². The molecule has 0 fully saturated rings. The first-order chi connectivity index (χ1) is 15.3. The van der Waals surface area contributed by atoms with Crippen molar-refractivity contribution in [3.05, 3.63) is 81.5 Å². The number of hydrogen-bond acceptors (Lipinski definition) is 5. The lowest BCUT2D eigenvalue weighted by molar-refractivity contribution is -0.117. The SMILES string of the molecule is Cc1ccc(NC(=O)CN2CCc3sccc3[C@H]2c2ccccc2)cc1S(=O)(=O)N(C)C. The third kappa shape index (κ3) is 4.49. The molecule has 1 aliphatic rings. The third-order valence-electron chi connectivity index (χ3n) is 5.76. The van der Waals surface area contributed by atoms with E-state index in [2.05, 4.69) is 33.8 Å². The van der Waals surface area contributed by atoms with Gasteiger partial charge in [-0.05, 0) is 53.6 Å². The molecule has 1 aliphatic heterocycles. The monoisotopic (exact) mass is 469 g/mol. The number of carbonyl (C=O) groups excluding carboxylic acids is 1. The van der Waals surface area contributed by atoms with Crippen molar-refractivity contribution < 1.29 is 13.2 Å². The van der Waals surface area contributed by atoms with Gasteiger partial charge in [0, 0.05) is 31.2 Å². The van der Waals surface area contributed by atoms with Crippen LogP contribution in [-0.2, 0) is 21.2 Å². The Morgan fingerprint density at radius 2 is 1.91 bits per heavy atom. The number of aryl methyl sites for hydroxylation is 1. The van der Waals surface area contributed by atoms with Crippen molar-refractivity contribution in [2.45, 2.75) is 24.3 Å². The fourth-order valence-electron chi connectivity index (χ4n) is 4.10. The predicted octanol–water partition coefficient (Wildman–Crippen LogP) is 3.89. The number of fused-ring (bicyclic) bond motifs is 1. The van der Waals surface area contributed by atoms with Crippen molar-refractivity contribution in [2.24, 2.45) is 0 Å². The molecule has 0 saturated carbocycles. The van der Waals surface area contributed by atoms with E-state index in [1.165, 1.54) is 34.9 Å². The van der Waals surface area contributed by atoms with Crippen molar-refractivity contribution in [2.75, 3.05) is 32.5 Å². The summed E-state index contributed by atoms with van der Waals surface area (Å²) >= 11 is 1.77. The molecule has 6 nitrogen and oxygen atoms in total. The van der Waals surface area contributed by atoms with E-state index in [0.29, 0.717) is 11.3 Å². The largest absolute Gasteiger partial charge is 0.325 e. The zero-order valence-corrected chi connectivity index (χ0v) is 20.0. The van der Waals surface area contributed by atoms with Crippen LogP contribution in [0.3, 0.4) is 0 Å². The average Bonchev–Trinajstić information content (AvgIpc) is 3.24. The molecule has 168 valence electrons. The van der Waals surface area contributed by atoms with Crippen LogP contribution in [0.1, 0.15) is 27.6 Å². The molecule has 3 aromatic rings. The Labute approximate surface area is 193 Å². The molecule has 8 heteroatoms. The summed E-state index contributed by atoms with van der Waals surface area (Å²) in [7, 11) is -0.595. The maximum absolute atomic E-state index is 13.0. The zero-order chi connectivity index (χ0) is 22.9. The summed E-state index contributed by atoms with van der Waals surface area (Å²) in [6.45, 7) is 2.76. The molecule has 0 unspecified atom stereocenters. The molecule has 2 aromatic carbocycles. The molecular formula is C24H27N3O3S2. The normalized spacial score (nSPS) is 16.7. The van der Waals surface area contributed by atoms with Gasteiger partial charge in [0.2, 0.25) is 15.9 Å². The minimum absolute atomic E-state index is 0.0275. The fraction of sp³-hybridized carbons (Fsp3) is 0.292. The van der Waals surface area contributed by atoms with Crippen LogP contribution in [0.15, 0.2) is 64.9 Å². The number of anilines is 1. The first-order valence-corrected chi connectivity index (χ1v) is 12.8. The van der Waals surface area contributed by atoms with Gasteiger partial charge in [-0.1, -0.05) is 36.4 Å².